The summed E-state index contributed by atoms with van der Waals surface area (Å²) >= 11 is 0. The Labute approximate surface area is 231 Å². The Balaban J connectivity index is 0.000000161. The highest BCUT2D eigenvalue weighted by Crippen LogP contribution is 2.34. The van der Waals surface area contributed by atoms with E-state index < -0.39 is 0 Å². The van der Waals surface area contributed by atoms with E-state index in [0.717, 1.165) is 75.2 Å². The minimum atomic E-state index is -0.223. The highest BCUT2D eigenvalue weighted by molar-refractivity contribution is 5.88. The Bertz CT molecular complexity index is 1570. The van der Waals surface area contributed by atoms with Crippen LogP contribution in [-0.4, -0.2) is 41.6 Å². The van der Waals surface area contributed by atoms with Crippen molar-refractivity contribution in [3.8, 4) is 0 Å². The van der Waals surface area contributed by atoms with Crippen LogP contribution in [0.1, 0.15) is 76.3 Å². The van der Waals surface area contributed by atoms with E-state index in [1.54, 1.807) is 21.8 Å². The van der Waals surface area contributed by atoms with Crippen LogP contribution in [0.2, 0.25) is 0 Å². The molecule has 6 rings (SSSR count). The molecule has 0 radical (unpaired) electrons. The molecule has 0 unspecified atom stereocenters. The molecular weight excluding hydrogens is 508 g/mol. The second-order valence-electron chi connectivity index (χ2n) is 10.6. The summed E-state index contributed by atoms with van der Waals surface area (Å²) in [4.78, 5) is 36.5. The second kappa shape index (κ2) is 11.7. The Morgan fingerprint density at radius 3 is 1.50 bits per heavy atom. The number of H-pyrrole nitrogens is 2. The number of anilines is 2. The van der Waals surface area contributed by atoms with E-state index in [4.69, 9.17) is 24.6 Å². The molecule has 6 N–H and O–H groups in total. The van der Waals surface area contributed by atoms with Crippen LogP contribution in [0.3, 0.4) is 0 Å². The van der Waals surface area contributed by atoms with Gasteiger partial charge in [-0.15, -0.1) is 0 Å². The Morgan fingerprint density at radius 1 is 0.700 bits per heavy atom. The van der Waals surface area contributed by atoms with Crippen molar-refractivity contribution >= 4 is 33.4 Å². The predicted octanol–water partition coefficient (Wildman–Crippen LogP) is 4.20. The fraction of sp³-hybridized carbons (Fsp3) is 0.500. The van der Waals surface area contributed by atoms with Crippen LogP contribution in [0.5, 0.6) is 0 Å². The van der Waals surface area contributed by atoms with Crippen molar-refractivity contribution in [3.63, 3.8) is 0 Å². The number of aromatic nitrogens is 6. The average molecular weight is 543 g/mol. The summed E-state index contributed by atoms with van der Waals surface area (Å²) < 4.78 is 3.60. The number of nitrogens with two attached hydrogens (primary N) is 2. The van der Waals surface area contributed by atoms with Crippen molar-refractivity contribution in [3.05, 3.63) is 68.1 Å². The van der Waals surface area contributed by atoms with E-state index in [9.17, 15) is 9.59 Å². The number of pyridine rings is 2. The molecule has 12 nitrogen and oxygen atoms in total. The summed E-state index contributed by atoms with van der Waals surface area (Å²) in [5, 5.41) is 9.55. The average Bonchev–Trinajstić information content (AvgIpc) is 3.24. The fourth-order valence-corrected chi connectivity index (χ4v) is 6.17. The van der Waals surface area contributed by atoms with Crippen LogP contribution >= 0.6 is 0 Å². The SMILES string of the molecule is [C-]#[N+][C@@H]1CCCCC[C@H]1n1nc(N)c2c(=O)[nH]ccc21.[C-]#[N+][C@H]1CCCCC[C@@H]1n1nc(N)c2c(=O)[nH]ccc21. The second-order valence-corrected chi connectivity index (χ2v) is 10.6. The first-order valence-corrected chi connectivity index (χ1v) is 13.9. The third-order valence-corrected chi connectivity index (χ3v) is 8.16. The van der Waals surface area contributed by atoms with Gasteiger partial charge in [0.15, 0.2) is 11.6 Å². The van der Waals surface area contributed by atoms with Crippen molar-refractivity contribution in [2.24, 2.45) is 0 Å². The number of fused-ring (bicyclic) bond motifs is 2. The zero-order chi connectivity index (χ0) is 28.2. The van der Waals surface area contributed by atoms with E-state index in [2.05, 4.69) is 29.9 Å². The van der Waals surface area contributed by atoms with Gasteiger partial charge >= 0.3 is 0 Å². The Morgan fingerprint density at radius 2 is 1.10 bits per heavy atom. The van der Waals surface area contributed by atoms with Crippen molar-refractivity contribution in [2.45, 2.75) is 88.4 Å². The molecule has 0 aromatic carbocycles. The molecule has 4 aromatic rings. The lowest BCUT2D eigenvalue weighted by Gasteiger charge is -2.17. The molecule has 2 aliphatic rings. The van der Waals surface area contributed by atoms with Crippen molar-refractivity contribution < 1.29 is 0 Å². The number of nitrogens with zero attached hydrogens (tertiary/aromatic N) is 6. The minimum Gasteiger partial charge on any atom is -0.382 e. The summed E-state index contributed by atoms with van der Waals surface area (Å²) in [6, 6.07) is 3.48. The summed E-state index contributed by atoms with van der Waals surface area (Å²) in [6.07, 6.45) is 13.4. The Hall–Kier alpha value is -4.58. The first-order chi connectivity index (χ1) is 19.4. The lowest BCUT2D eigenvalue weighted by atomic mass is 10.0. The van der Waals surface area contributed by atoms with Crippen molar-refractivity contribution in [1.82, 2.24) is 29.5 Å². The van der Waals surface area contributed by atoms with E-state index in [0.29, 0.717) is 10.8 Å². The maximum atomic E-state index is 11.9. The van der Waals surface area contributed by atoms with Gasteiger partial charge in [0, 0.05) is 25.2 Å². The van der Waals surface area contributed by atoms with Gasteiger partial charge in [-0.05, 0) is 37.8 Å². The zero-order valence-corrected chi connectivity index (χ0v) is 22.3. The molecule has 0 saturated heterocycles. The third kappa shape index (κ3) is 5.05. The molecule has 2 aliphatic carbocycles. The first kappa shape index (κ1) is 27.0. The van der Waals surface area contributed by atoms with E-state index in [1.165, 1.54) is 0 Å². The maximum absolute atomic E-state index is 11.9. The standard InChI is InChI=1S/2C14H17N5O/c2*1-16-9-5-3-2-4-6-10(9)19-11-7-8-17-14(20)12(11)13(15)18-19/h2*7-10H,2-6H2,(H2,15,18)(H,17,20)/t2*9-,10-/m10/s1. The van der Waals surface area contributed by atoms with E-state index >= 15 is 0 Å². The highest BCUT2D eigenvalue weighted by atomic mass is 16.1. The zero-order valence-electron chi connectivity index (χ0n) is 22.3. The van der Waals surface area contributed by atoms with Gasteiger partial charge < -0.3 is 31.1 Å². The molecule has 4 aromatic heterocycles. The van der Waals surface area contributed by atoms with Gasteiger partial charge in [0.05, 0.1) is 11.0 Å². The summed E-state index contributed by atoms with van der Waals surface area (Å²) in [5.41, 5.74) is 12.8. The van der Waals surface area contributed by atoms with Crippen LogP contribution in [0.15, 0.2) is 34.1 Å². The quantitative estimate of drug-likeness (QED) is 0.219. The third-order valence-electron chi connectivity index (χ3n) is 8.16. The van der Waals surface area contributed by atoms with Gasteiger partial charge in [-0.3, -0.25) is 19.0 Å². The number of hydrogen-bond acceptors (Lipinski definition) is 6. The number of nitrogens with one attached hydrogen (secondary N) is 2. The largest absolute Gasteiger partial charge is 0.382 e. The lowest BCUT2D eigenvalue weighted by Crippen LogP contribution is -2.22. The van der Waals surface area contributed by atoms with Crippen molar-refractivity contribution in [2.75, 3.05) is 11.5 Å². The topological polar surface area (TPSA) is 162 Å². The number of hydrogen-bond donors (Lipinski definition) is 4. The van der Waals surface area contributed by atoms with Gasteiger partial charge in [0.1, 0.15) is 22.9 Å². The van der Waals surface area contributed by atoms with Gasteiger partial charge in [-0.25, -0.2) is 13.1 Å². The molecule has 2 fully saturated rings. The maximum Gasteiger partial charge on any atom is 0.261 e. The van der Waals surface area contributed by atoms with Crippen molar-refractivity contribution in [1.29, 1.82) is 0 Å². The molecule has 0 spiro atoms. The normalized spacial score (nSPS) is 23.4. The number of rotatable bonds is 2. The number of aromatic amines is 2. The van der Waals surface area contributed by atoms with Gasteiger partial charge in [-0.1, -0.05) is 25.7 Å². The molecule has 12 heteroatoms. The monoisotopic (exact) mass is 542 g/mol. The van der Waals surface area contributed by atoms with Gasteiger partial charge in [0.2, 0.25) is 12.1 Å². The first-order valence-electron chi connectivity index (χ1n) is 13.9. The van der Waals surface area contributed by atoms with Crippen LogP contribution in [0, 0.1) is 13.1 Å². The van der Waals surface area contributed by atoms with Crippen LogP contribution in [-0.2, 0) is 0 Å². The molecule has 0 bridgehead atoms. The highest BCUT2D eigenvalue weighted by Gasteiger charge is 2.33. The van der Waals surface area contributed by atoms with Gasteiger partial charge in [-0.2, -0.15) is 10.2 Å². The summed E-state index contributed by atoms with van der Waals surface area (Å²) in [7, 11) is 0. The molecule has 0 aliphatic heterocycles. The molecule has 0 amide bonds. The molecule has 4 heterocycles. The van der Waals surface area contributed by atoms with E-state index in [1.807, 2.05) is 12.1 Å². The van der Waals surface area contributed by atoms with Crippen LogP contribution in [0.25, 0.3) is 31.5 Å². The minimum absolute atomic E-state index is 0.0107. The Kier molecular flexibility index (Phi) is 7.87. The molecule has 208 valence electrons. The molecule has 4 atom stereocenters. The van der Waals surface area contributed by atoms with E-state index in [-0.39, 0.29) is 46.9 Å². The fourth-order valence-electron chi connectivity index (χ4n) is 6.17. The summed E-state index contributed by atoms with van der Waals surface area (Å²) in [6.45, 7) is 14.8. The number of nitrogen functional groups attached to an aromatic ring is 2. The molecule has 2 saturated carbocycles. The molecule has 40 heavy (non-hydrogen) atoms. The van der Waals surface area contributed by atoms with Crippen LogP contribution < -0.4 is 22.6 Å². The lowest BCUT2D eigenvalue weighted by molar-refractivity contribution is 0.400. The molecular formula is C28H34N10O2. The van der Waals surface area contributed by atoms with Crippen LogP contribution in [0.4, 0.5) is 11.6 Å². The summed E-state index contributed by atoms with van der Waals surface area (Å²) in [5.74, 6) is 0.490. The van der Waals surface area contributed by atoms with Gasteiger partial charge in [0.25, 0.3) is 11.1 Å². The predicted molar refractivity (Wildman–Crippen MR) is 155 cm³/mol. The smallest absolute Gasteiger partial charge is 0.261 e.